The molecular formula is C16H19NO3. The molecule has 1 aromatic carbocycles. The van der Waals surface area contributed by atoms with E-state index in [1.165, 1.54) is 5.56 Å². The number of carbonyl (C=O) groups excluding carboxylic acids is 1. The Morgan fingerprint density at radius 2 is 2.30 bits per heavy atom. The summed E-state index contributed by atoms with van der Waals surface area (Å²) in [6.07, 6.45) is 0.879. The molecule has 20 heavy (non-hydrogen) atoms. The minimum atomic E-state index is -0.630. The van der Waals surface area contributed by atoms with Crippen molar-refractivity contribution in [3.63, 3.8) is 0 Å². The number of fused-ring (bicyclic) bond motifs is 1. The zero-order chi connectivity index (χ0) is 14.4. The van der Waals surface area contributed by atoms with Gasteiger partial charge in [0.15, 0.2) is 0 Å². The van der Waals surface area contributed by atoms with Gasteiger partial charge in [0, 0.05) is 7.11 Å². The van der Waals surface area contributed by atoms with Crippen molar-refractivity contribution in [2.45, 2.75) is 18.9 Å². The summed E-state index contributed by atoms with van der Waals surface area (Å²) in [5, 5.41) is 2.80. The lowest BCUT2D eigenvalue weighted by Gasteiger charge is -2.38. The molecule has 1 unspecified atom stereocenters. The van der Waals surface area contributed by atoms with Crippen molar-refractivity contribution < 1.29 is 14.3 Å². The predicted molar refractivity (Wildman–Crippen MR) is 76.1 cm³/mol. The number of amides is 1. The number of carbonyl (C=O) groups is 1. The van der Waals surface area contributed by atoms with Gasteiger partial charge in [-0.05, 0) is 30.4 Å². The van der Waals surface area contributed by atoms with Crippen molar-refractivity contribution in [3.05, 3.63) is 35.4 Å². The van der Waals surface area contributed by atoms with Crippen LogP contribution in [0.2, 0.25) is 0 Å². The van der Waals surface area contributed by atoms with E-state index in [1.807, 2.05) is 18.2 Å². The second kappa shape index (κ2) is 6.56. The Labute approximate surface area is 119 Å². The highest BCUT2D eigenvalue weighted by molar-refractivity contribution is 5.93. The maximum absolute atomic E-state index is 11.6. The highest BCUT2D eigenvalue weighted by Gasteiger charge is 2.38. The summed E-state index contributed by atoms with van der Waals surface area (Å²) in [6.45, 7) is 3.00. The van der Waals surface area contributed by atoms with Gasteiger partial charge >= 0.3 is 0 Å². The van der Waals surface area contributed by atoms with E-state index < -0.39 is 5.60 Å². The molecule has 106 valence electrons. The molecule has 1 aromatic rings. The molecule has 0 radical (unpaired) electrons. The van der Waals surface area contributed by atoms with Gasteiger partial charge in [0.05, 0.1) is 19.8 Å². The van der Waals surface area contributed by atoms with Gasteiger partial charge in [-0.2, -0.15) is 0 Å². The SMILES string of the molecule is CC#CC(=O)NCC1(COC)OCCc2ccccc21. The third-order valence-corrected chi connectivity index (χ3v) is 3.41. The normalized spacial score (nSPS) is 20.5. The highest BCUT2D eigenvalue weighted by atomic mass is 16.5. The standard InChI is InChI=1S/C16H19NO3/c1-3-6-15(18)17-11-16(12-19-2)14-8-5-4-7-13(14)9-10-20-16/h4-5,7-8H,9-12H2,1-2H3,(H,17,18). The molecule has 1 amide bonds. The van der Waals surface area contributed by atoms with Crippen LogP contribution in [0.3, 0.4) is 0 Å². The van der Waals surface area contributed by atoms with E-state index in [1.54, 1.807) is 14.0 Å². The van der Waals surface area contributed by atoms with Crippen molar-refractivity contribution in [2.75, 3.05) is 26.9 Å². The molecule has 1 atom stereocenters. The van der Waals surface area contributed by atoms with Gasteiger partial charge in [-0.25, -0.2) is 0 Å². The lowest BCUT2D eigenvalue weighted by atomic mass is 9.86. The number of hydrogen-bond acceptors (Lipinski definition) is 3. The lowest BCUT2D eigenvalue weighted by molar-refractivity contribution is -0.123. The van der Waals surface area contributed by atoms with Crippen molar-refractivity contribution >= 4 is 5.91 Å². The van der Waals surface area contributed by atoms with Crippen molar-refractivity contribution in [3.8, 4) is 11.8 Å². The first-order valence-corrected chi connectivity index (χ1v) is 6.64. The Bertz CT molecular complexity index is 544. The number of hydrogen-bond donors (Lipinski definition) is 1. The molecule has 2 rings (SSSR count). The molecule has 0 aromatic heterocycles. The highest BCUT2D eigenvalue weighted by Crippen LogP contribution is 2.33. The Hall–Kier alpha value is -1.83. The number of benzene rings is 1. The molecule has 0 saturated heterocycles. The van der Waals surface area contributed by atoms with Crippen LogP contribution in [0, 0.1) is 11.8 Å². The quantitative estimate of drug-likeness (QED) is 0.840. The Kier molecular flexibility index (Phi) is 4.78. The minimum absolute atomic E-state index is 0.297. The molecule has 0 saturated carbocycles. The van der Waals surface area contributed by atoms with Gasteiger partial charge in [0.2, 0.25) is 0 Å². The molecule has 0 bridgehead atoms. The van der Waals surface area contributed by atoms with Gasteiger partial charge in [-0.15, -0.1) is 0 Å². The van der Waals surface area contributed by atoms with E-state index in [0.29, 0.717) is 19.8 Å². The first-order chi connectivity index (χ1) is 9.72. The van der Waals surface area contributed by atoms with Gasteiger partial charge in [0.1, 0.15) is 5.60 Å². The molecule has 0 fully saturated rings. The van der Waals surface area contributed by atoms with Crippen molar-refractivity contribution in [1.29, 1.82) is 0 Å². The number of ether oxygens (including phenoxy) is 2. The van der Waals surface area contributed by atoms with Gasteiger partial charge < -0.3 is 14.8 Å². The summed E-state index contributed by atoms with van der Waals surface area (Å²) in [5.41, 5.74) is 1.69. The third kappa shape index (κ3) is 3.01. The van der Waals surface area contributed by atoms with Crippen LogP contribution in [0.1, 0.15) is 18.1 Å². The Morgan fingerprint density at radius 1 is 1.50 bits per heavy atom. The largest absolute Gasteiger partial charge is 0.381 e. The van der Waals surface area contributed by atoms with Crippen LogP contribution in [-0.2, 0) is 26.3 Å². The fraction of sp³-hybridized carbons (Fsp3) is 0.438. The van der Waals surface area contributed by atoms with E-state index >= 15 is 0 Å². The predicted octanol–water partition coefficient (Wildman–Crippen LogP) is 1.24. The van der Waals surface area contributed by atoms with Crippen LogP contribution >= 0.6 is 0 Å². The maximum Gasteiger partial charge on any atom is 0.295 e. The lowest BCUT2D eigenvalue weighted by Crippen LogP contribution is -2.48. The van der Waals surface area contributed by atoms with Crippen LogP contribution in [0.5, 0.6) is 0 Å². The molecule has 4 heteroatoms. The molecule has 1 N–H and O–H groups in total. The first-order valence-electron chi connectivity index (χ1n) is 6.64. The number of rotatable bonds is 4. The zero-order valence-corrected chi connectivity index (χ0v) is 11.9. The third-order valence-electron chi connectivity index (χ3n) is 3.41. The summed E-state index contributed by atoms with van der Waals surface area (Å²) in [5.74, 6) is 4.76. The average molecular weight is 273 g/mol. The second-order valence-electron chi connectivity index (χ2n) is 4.74. The molecule has 0 aliphatic carbocycles. The first kappa shape index (κ1) is 14.6. The molecule has 4 nitrogen and oxygen atoms in total. The van der Waals surface area contributed by atoms with Crippen LogP contribution in [0.4, 0.5) is 0 Å². The minimum Gasteiger partial charge on any atom is -0.381 e. The number of methoxy groups -OCH3 is 1. The molecular weight excluding hydrogens is 254 g/mol. The van der Waals surface area contributed by atoms with E-state index in [2.05, 4.69) is 23.2 Å². The topological polar surface area (TPSA) is 47.6 Å². The molecule has 0 spiro atoms. The van der Waals surface area contributed by atoms with Gasteiger partial charge in [0.25, 0.3) is 5.91 Å². The fourth-order valence-electron chi connectivity index (χ4n) is 2.55. The Morgan fingerprint density at radius 3 is 3.05 bits per heavy atom. The van der Waals surface area contributed by atoms with E-state index in [4.69, 9.17) is 9.47 Å². The summed E-state index contributed by atoms with van der Waals surface area (Å²) < 4.78 is 11.3. The van der Waals surface area contributed by atoms with Gasteiger partial charge in [-0.3, -0.25) is 4.79 Å². The average Bonchev–Trinajstić information content (AvgIpc) is 2.46. The van der Waals surface area contributed by atoms with Crippen LogP contribution in [0.15, 0.2) is 24.3 Å². The van der Waals surface area contributed by atoms with Crippen LogP contribution in [-0.4, -0.2) is 32.8 Å². The zero-order valence-electron chi connectivity index (χ0n) is 11.9. The summed E-state index contributed by atoms with van der Waals surface area (Å²) in [4.78, 5) is 11.6. The molecule has 1 aliphatic heterocycles. The van der Waals surface area contributed by atoms with Gasteiger partial charge in [-0.1, -0.05) is 30.2 Å². The summed E-state index contributed by atoms with van der Waals surface area (Å²) >= 11 is 0. The van der Waals surface area contributed by atoms with Crippen molar-refractivity contribution in [2.24, 2.45) is 0 Å². The monoisotopic (exact) mass is 273 g/mol. The second-order valence-corrected chi connectivity index (χ2v) is 4.74. The van der Waals surface area contributed by atoms with Crippen molar-refractivity contribution in [1.82, 2.24) is 5.32 Å². The maximum atomic E-state index is 11.6. The molecule has 1 heterocycles. The number of nitrogens with one attached hydrogen (secondary N) is 1. The summed E-state index contributed by atoms with van der Waals surface area (Å²) in [7, 11) is 1.63. The van der Waals surface area contributed by atoms with Crippen LogP contribution in [0.25, 0.3) is 0 Å². The van der Waals surface area contributed by atoms with E-state index in [9.17, 15) is 4.79 Å². The summed E-state index contributed by atoms with van der Waals surface area (Å²) in [6, 6.07) is 8.12. The molecule has 1 aliphatic rings. The Balaban J connectivity index is 2.26. The van der Waals surface area contributed by atoms with Crippen LogP contribution < -0.4 is 5.32 Å². The van der Waals surface area contributed by atoms with E-state index in [0.717, 1.165) is 12.0 Å². The van der Waals surface area contributed by atoms with E-state index in [-0.39, 0.29) is 5.91 Å². The fourth-order valence-corrected chi connectivity index (χ4v) is 2.55. The smallest absolute Gasteiger partial charge is 0.295 e.